The Morgan fingerprint density at radius 1 is 1.35 bits per heavy atom. The lowest BCUT2D eigenvalue weighted by molar-refractivity contribution is -0.156. The minimum absolute atomic E-state index is 0.307. The molecular weight excluding hydrogens is 239 g/mol. The Morgan fingerprint density at radius 2 is 1.94 bits per heavy atom. The maximum absolute atomic E-state index is 11.6. The van der Waals surface area contributed by atoms with Crippen molar-refractivity contribution in [3.8, 4) is 0 Å². The van der Waals surface area contributed by atoms with Crippen molar-refractivity contribution in [2.24, 2.45) is 0 Å². The topological polar surface area (TPSA) is 52.6 Å². The molecule has 98 valence electrons. The molecule has 0 aromatic carbocycles. The summed E-state index contributed by atoms with van der Waals surface area (Å²) in [6, 6.07) is 0. The predicted molar refractivity (Wildman–Crippen MR) is 67.0 cm³/mol. The molecule has 0 bridgehead atoms. The molecule has 0 amide bonds. The Labute approximate surface area is 105 Å². The van der Waals surface area contributed by atoms with Crippen LogP contribution in [0, 0.1) is 0 Å². The van der Waals surface area contributed by atoms with Crippen LogP contribution in [0.25, 0.3) is 0 Å². The molecule has 0 rings (SSSR count). The molecule has 0 spiro atoms. The molecule has 0 aliphatic rings. The fourth-order valence-electron chi connectivity index (χ4n) is 1.58. The Kier molecular flexibility index (Phi) is 8.01. The first-order valence-electron chi connectivity index (χ1n) is 5.84. The van der Waals surface area contributed by atoms with Crippen LogP contribution in [0.15, 0.2) is 12.2 Å². The van der Waals surface area contributed by atoms with Gasteiger partial charge in [0, 0.05) is 5.57 Å². The Bertz CT molecular complexity index is 272. The van der Waals surface area contributed by atoms with E-state index < -0.39 is 5.60 Å². The van der Waals surface area contributed by atoms with E-state index in [1.54, 1.807) is 6.92 Å². The van der Waals surface area contributed by atoms with Crippen LogP contribution in [0.4, 0.5) is 0 Å². The molecule has 0 aromatic heterocycles. The summed E-state index contributed by atoms with van der Waals surface area (Å²) in [5.41, 5.74) is -0.0512. The predicted octanol–water partition coefficient (Wildman–Crippen LogP) is 3.67. The zero-order valence-electron chi connectivity index (χ0n) is 10.8. The maximum Gasteiger partial charge on any atom is 0.333 e. The van der Waals surface area contributed by atoms with E-state index in [2.05, 4.69) is 6.58 Å². The average Bonchev–Trinajstić information content (AvgIpc) is 2.33. The van der Waals surface area contributed by atoms with Gasteiger partial charge < -0.3 is 4.74 Å². The Morgan fingerprint density at radius 3 is 2.35 bits per heavy atom. The van der Waals surface area contributed by atoms with Gasteiger partial charge in [-0.3, -0.25) is 4.52 Å². The number of carbonyl (C=O) groups excluding carboxylic acids is 1. The van der Waals surface area contributed by atoms with E-state index in [0.29, 0.717) is 25.0 Å². The van der Waals surface area contributed by atoms with Gasteiger partial charge in [-0.2, -0.15) is 0 Å². The largest absolute Gasteiger partial charge is 0.456 e. The summed E-state index contributed by atoms with van der Waals surface area (Å²) in [6.07, 6.45) is 2.91. The van der Waals surface area contributed by atoms with E-state index in [4.69, 9.17) is 9.26 Å². The second-order valence-corrected chi connectivity index (χ2v) is 4.48. The second kappa shape index (κ2) is 8.37. The van der Waals surface area contributed by atoms with Crippen molar-refractivity contribution in [1.29, 1.82) is 0 Å². The van der Waals surface area contributed by atoms with Crippen LogP contribution in [0.1, 0.15) is 46.5 Å². The van der Waals surface area contributed by atoms with Crippen molar-refractivity contribution >= 4 is 14.7 Å². The van der Waals surface area contributed by atoms with Gasteiger partial charge in [0.25, 0.3) is 0 Å². The van der Waals surface area contributed by atoms with Crippen LogP contribution in [0.2, 0.25) is 0 Å². The summed E-state index contributed by atoms with van der Waals surface area (Å²) in [5.74, 6) is -0.350. The molecule has 0 aliphatic carbocycles. The number of hydrogen-bond acceptors (Lipinski definition) is 4. The molecule has 5 heteroatoms. The van der Waals surface area contributed by atoms with Crippen molar-refractivity contribution in [1.82, 2.24) is 0 Å². The molecule has 0 N–H and O–H groups in total. The first-order valence-corrected chi connectivity index (χ1v) is 6.57. The third-order valence-electron chi connectivity index (χ3n) is 2.87. The van der Waals surface area contributed by atoms with Crippen LogP contribution in [-0.4, -0.2) is 18.2 Å². The lowest BCUT2D eigenvalue weighted by Gasteiger charge is -2.31. The molecule has 0 saturated carbocycles. The highest BCUT2D eigenvalue weighted by Crippen LogP contribution is 2.27. The number of carbonyl (C=O) groups is 1. The van der Waals surface area contributed by atoms with Gasteiger partial charge in [-0.05, 0) is 32.6 Å². The molecule has 0 radical (unpaired) electrons. The molecule has 0 saturated heterocycles. The highest BCUT2D eigenvalue weighted by Gasteiger charge is 2.30. The molecule has 0 heterocycles. The highest BCUT2D eigenvalue weighted by molar-refractivity contribution is 7.17. The second-order valence-electron chi connectivity index (χ2n) is 4.07. The van der Waals surface area contributed by atoms with Crippen molar-refractivity contribution in [2.45, 2.75) is 52.1 Å². The smallest absolute Gasteiger partial charge is 0.333 e. The van der Waals surface area contributed by atoms with Crippen LogP contribution < -0.4 is 0 Å². The first-order chi connectivity index (χ1) is 8.01. The van der Waals surface area contributed by atoms with Gasteiger partial charge in [0.1, 0.15) is 5.60 Å². The molecule has 4 nitrogen and oxygen atoms in total. The molecular formula is C12H21O4P. The van der Waals surface area contributed by atoms with Gasteiger partial charge in [0.05, 0.1) is 6.61 Å². The molecule has 0 fully saturated rings. The molecule has 0 unspecified atom stereocenters. The van der Waals surface area contributed by atoms with Crippen molar-refractivity contribution in [2.75, 3.05) is 6.61 Å². The minimum atomic E-state index is -0.459. The van der Waals surface area contributed by atoms with E-state index >= 15 is 0 Å². The fourth-order valence-corrected chi connectivity index (χ4v) is 1.78. The van der Waals surface area contributed by atoms with Gasteiger partial charge >= 0.3 is 14.7 Å². The first kappa shape index (κ1) is 16.3. The fraction of sp³-hybridized carbons (Fsp3) is 0.750. The summed E-state index contributed by atoms with van der Waals surface area (Å²) in [7, 11) is -0.307. The van der Waals surface area contributed by atoms with Crippen LogP contribution in [0.5, 0.6) is 0 Å². The maximum atomic E-state index is 11.6. The zero-order chi connectivity index (χ0) is 13.3. The highest BCUT2D eigenvalue weighted by atomic mass is 31.1. The SMILES string of the molecule is C=C(C)C(=O)OC(CC)(CC)CCCOP=O. The van der Waals surface area contributed by atoms with Crippen LogP contribution >= 0.6 is 8.69 Å². The van der Waals surface area contributed by atoms with E-state index in [9.17, 15) is 9.36 Å². The summed E-state index contributed by atoms with van der Waals surface area (Å²) in [6.45, 7) is 9.59. The summed E-state index contributed by atoms with van der Waals surface area (Å²) in [5, 5.41) is 0. The third-order valence-corrected chi connectivity index (χ3v) is 3.16. The van der Waals surface area contributed by atoms with Gasteiger partial charge in [0.2, 0.25) is 0 Å². The monoisotopic (exact) mass is 260 g/mol. The van der Waals surface area contributed by atoms with Gasteiger partial charge in [0.15, 0.2) is 0 Å². The lowest BCUT2D eigenvalue weighted by Crippen LogP contribution is -2.34. The molecule has 0 atom stereocenters. The Balaban J connectivity index is 4.38. The quantitative estimate of drug-likeness (QED) is 0.275. The lowest BCUT2D eigenvalue weighted by atomic mass is 9.91. The van der Waals surface area contributed by atoms with Crippen molar-refractivity contribution < 1.29 is 18.6 Å². The van der Waals surface area contributed by atoms with Gasteiger partial charge in [-0.15, -0.1) is 0 Å². The van der Waals surface area contributed by atoms with E-state index in [-0.39, 0.29) is 14.7 Å². The number of ether oxygens (including phenoxy) is 1. The number of esters is 1. The van der Waals surface area contributed by atoms with E-state index in [1.165, 1.54) is 0 Å². The normalized spacial score (nSPS) is 11.5. The Hall–Kier alpha value is -0.730. The third kappa shape index (κ3) is 5.94. The summed E-state index contributed by atoms with van der Waals surface area (Å²) < 4.78 is 20.3. The number of hydrogen-bond donors (Lipinski definition) is 0. The standard InChI is InChI=1S/C12H21O4P/c1-5-12(6-2,8-7-9-15-17-14)16-11(13)10(3)4/h3,5-9H2,1-2,4H3. The molecule has 17 heavy (non-hydrogen) atoms. The van der Waals surface area contributed by atoms with Crippen molar-refractivity contribution in [3.05, 3.63) is 12.2 Å². The minimum Gasteiger partial charge on any atom is -0.456 e. The number of rotatable bonds is 9. The zero-order valence-corrected chi connectivity index (χ0v) is 11.7. The summed E-state index contributed by atoms with van der Waals surface area (Å²) >= 11 is 0. The van der Waals surface area contributed by atoms with Gasteiger partial charge in [-0.25, -0.2) is 9.36 Å². The average molecular weight is 260 g/mol. The summed E-state index contributed by atoms with van der Waals surface area (Å²) in [4.78, 5) is 11.6. The van der Waals surface area contributed by atoms with Gasteiger partial charge in [-0.1, -0.05) is 20.4 Å². The van der Waals surface area contributed by atoms with E-state index in [1.807, 2.05) is 13.8 Å². The van der Waals surface area contributed by atoms with Crippen LogP contribution in [0.3, 0.4) is 0 Å². The van der Waals surface area contributed by atoms with Crippen LogP contribution in [-0.2, 0) is 18.6 Å². The van der Waals surface area contributed by atoms with E-state index in [0.717, 1.165) is 12.8 Å². The van der Waals surface area contributed by atoms with Crippen molar-refractivity contribution in [3.63, 3.8) is 0 Å². The molecule has 0 aromatic rings. The molecule has 0 aliphatic heterocycles.